The Kier molecular flexibility index (Phi) is 1.66. The fraction of sp³-hybridized carbons (Fsp3) is 0.833. The molecule has 4 N–H and O–H groups in total. The molecule has 0 aliphatic heterocycles. The van der Waals surface area contributed by atoms with E-state index in [0.717, 1.165) is 0 Å². The zero-order valence-electron chi connectivity index (χ0n) is 5.58. The first-order valence-corrected chi connectivity index (χ1v) is 3.28. The van der Waals surface area contributed by atoms with Crippen molar-refractivity contribution in [3.63, 3.8) is 0 Å². The van der Waals surface area contributed by atoms with E-state index in [2.05, 4.69) is 0 Å². The van der Waals surface area contributed by atoms with Crippen LogP contribution in [-0.4, -0.2) is 27.8 Å². The molecular weight excluding hydrogens is 134 g/mol. The molecule has 4 heteroatoms. The normalized spacial score (nSPS) is 40.0. The van der Waals surface area contributed by atoms with Crippen molar-refractivity contribution in [2.45, 2.75) is 30.9 Å². The monoisotopic (exact) mass is 145 g/mol. The van der Waals surface area contributed by atoms with Crippen molar-refractivity contribution in [3.8, 4) is 0 Å². The molecule has 1 rings (SSSR count). The highest BCUT2D eigenvalue weighted by Gasteiger charge is 2.45. The van der Waals surface area contributed by atoms with Crippen molar-refractivity contribution < 1.29 is 15.0 Å². The Labute approximate surface area is 58.6 Å². The first-order valence-electron chi connectivity index (χ1n) is 3.28. The van der Waals surface area contributed by atoms with Crippen LogP contribution in [0.5, 0.6) is 0 Å². The third-order valence-electron chi connectivity index (χ3n) is 2.06. The molecule has 0 aromatic heterocycles. The van der Waals surface area contributed by atoms with Gasteiger partial charge in [-0.25, -0.2) is 0 Å². The van der Waals surface area contributed by atoms with E-state index < -0.39 is 17.6 Å². The molecule has 0 bridgehead atoms. The van der Waals surface area contributed by atoms with Crippen LogP contribution in [-0.2, 0) is 4.79 Å². The molecule has 0 unspecified atom stereocenters. The van der Waals surface area contributed by atoms with Crippen LogP contribution in [0.3, 0.4) is 0 Å². The van der Waals surface area contributed by atoms with Gasteiger partial charge < -0.3 is 15.9 Å². The summed E-state index contributed by atoms with van der Waals surface area (Å²) in [4.78, 5) is 10.4. The molecule has 4 nitrogen and oxygen atoms in total. The van der Waals surface area contributed by atoms with E-state index in [9.17, 15) is 4.79 Å². The Balaban J connectivity index is 2.75. The second-order valence-corrected chi connectivity index (χ2v) is 2.75. The number of aliphatic hydroxyl groups is 1. The van der Waals surface area contributed by atoms with E-state index in [4.69, 9.17) is 15.9 Å². The molecule has 0 heterocycles. The Hall–Kier alpha value is -0.610. The van der Waals surface area contributed by atoms with E-state index in [0.29, 0.717) is 19.3 Å². The third-order valence-corrected chi connectivity index (χ3v) is 2.06. The van der Waals surface area contributed by atoms with Crippen molar-refractivity contribution in [3.05, 3.63) is 0 Å². The third kappa shape index (κ3) is 0.892. The highest BCUT2D eigenvalue weighted by Crippen LogP contribution is 2.27. The fourth-order valence-corrected chi connectivity index (χ4v) is 1.26. The number of carbonyl (C=O) groups is 1. The number of hydrogen-bond acceptors (Lipinski definition) is 3. The van der Waals surface area contributed by atoms with Crippen LogP contribution in [0.1, 0.15) is 19.3 Å². The zero-order valence-corrected chi connectivity index (χ0v) is 5.58. The quantitative estimate of drug-likeness (QED) is 0.456. The van der Waals surface area contributed by atoms with Crippen molar-refractivity contribution in [2.75, 3.05) is 0 Å². The zero-order chi connectivity index (χ0) is 7.78. The number of hydrogen-bond donors (Lipinski definition) is 3. The number of nitrogens with two attached hydrogens (primary N) is 1. The lowest BCUT2D eigenvalue weighted by Crippen LogP contribution is -2.53. The predicted molar refractivity (Wildman–Crippen MR) is 34.4 cm³/mol. The van der Waals surface area contributed by atoms with Crippen molar-refractivity contribution >= 4 is 5.97 Å². The van der Waals surface area contributed by atoms with Gasteiger partial charge in [-0.15, -0.1) is 0 Å². The van der Waals surface area contributed by atoms with Crippen LogP contribution in [0.25, 0.3) is 0 Å². The second-order valence-electron chi connectivity index (χ2n) is 2.75. The van der Waals surface area contributed by atoms with Gasteiger partial charge in [-0.05, 0) is 19.3 Å². The summed E-state index contributed by atoms with van der Waals surface area (Å²) < 4.78 is 0. The molecule has 1 aliphatic carbocycles. The van der Waals surface area contributed by atoms with Crippen molar-refractivity contribution in [2.24, 2.45) is 5.73 Å². The second kappa shape index (κ2) is 2.21. The van der Waals surface area contributed by atoms with E-state index >= 15 is 0 Å². The maximum atomic E-state index is 10.4. The fourth-order valence-electron chi connectivity index (χ4n) is 1.26. The Morgan fingerprint density at radius 1 is 1.70 bits per heavy atom. The van der Waals surface area contributed by atoms with Crippen molar-refractivity contribution in [1.82, 2.24) is 0 Å². The number of aliphatic carboxylic acids is 1. The maximum absolute atomic E-state index is 10.4. The maximum Gasteiger partial charge on any atom is 0.326 e. The molecule has 10 heavy (non-hydrogen) atoms. The van der Waals surface area contributed by atoms with Gasteiger partial charge in [-0.2, -0.15) is 0 Å². The number of aliphatic hydroxyl groups excluding tert-OH is 1. The summed E-state index contributed by atoms with van der Waals surface area (Å²) in [6, 6.07) is 0. The first kappa shape index (κ1) is 7.50. The lowest BCUT2D eigenvalue weighted by molar-refractivity contribution is -0.146. The molecule has 58 valence electrons. The minimum absolute atomic E-state index is 0.378. The van der Waals surface area contributed by atoms with Gasteiger partial charge in [-0.1, -0.05) is 0 Å². The first-order chi connectivity index (χ1) is 4.57. The lowest BCUT2D eigenvalue weighted by atomic mass is 9.97. The van der Waals surface area contributed by atoms with Gasteiger partial charge in [0.25, 0.3) is 0 Å². The smallest absolute Gasteiger partial charge is 0.326 e. The van der Waals surface area contributed by atoms with Gasteiger partial charge in [0.05, 0.1) is 6.10 Å². The van der Waals surface area contributed by atoms with Gasteiger partial charge in [-0.3, -0.25) is 4.79 Å². The average Bonchev–Trinajstić information content (AvgIpc) is 2.15. The largest absolute Gasteiger partial charge is 0.480 e. The molecule has 1 saturated carbocycles. The standard InChI is InChI=1S/C6H11NO3/c7-6(5(9)10)3-1-2-4(6)8/h4,8H,1-3,7H2,(H,9,10)/t4-,6-/m1/s1. The Morgan fingerprint density at radius 2 is 2.30 bits per heavy atom. The summed E-state index contributed by atoms with van der Waals surface area (Å²) in [5.74, 6) is -1.10. The average molecular weight is 145 g/mol. The van der Waals surface area contributed by atoms with E-state index in [1.54, 1.807) is 0 Å². The van der Waals surface area contributed by atoms with Crippen LogP contribution in [0.15, 0.2) is 0 Å². The summed E-state index contributed by atoms with van der Waals surface area (Å²) in [6.07, 6.45) is 0.709. The number of carboxylic acids is 1. The summed E-state index contributed by atoms with van der Waals surface area (Å²) in [5.41, 5.74) is 4.02. The molecule has 1 fully saturated rings. The molecule has 2 atom stereocenters. The number of carboxylic acid groups (broad SMARTS) is 1. The Bertz CT molecular complexity index is 159. The van der Waals surface area contributed by atoms with E-state index in [1.165, 1.54) is 0 Å². The minimum atomic E-state index is -1.38. The molecule has 0 radical (unpaired) electrons. The SMILES string of the molecule is N[C@]1(C(=O)O)CCC[C@H]1O. The Morgan fingerprint density at radius 3 is 2.50 bits per heavy atom. The molecule has 0 saturated heterocycles. The molecule has 0 aromatic rings. The van der Waals surface area contributed by atoms with Gasteiger partial charge in [0.2, 0.25) is 0 Å². The van der Waals surface area contributed by atoms with Crippen LogP contribution in [0, 0.1) is 0 Å². The van der Waals surface area contributed by atoms with E-state index in [1.807, 2.05) is 0 Å². The van der Waals surface area contributed by atoms with Crippen LogP contribution in [0.4, 0.5) is 0 Å². The molecule has 0 spiro atoms. The minimum Gasteiger partial charge on any atom is -0.480 e. The van der Waals surface area contributed by atoms with Gasteiger partial charge in [0, 0.05) is 0 Å². The molecular formula is C6H11NO3. The van der Waals surface area contributed by atoms with Crippen LogP contribution < -0.4 is 5.73 Å². The lowest BCUT2D eigenvalue weighted by Gasteiger charge is -2.21. The summed E-state index contributed by atoms with van der Waals surface area (Å²) >= 11 is 0. The van der Waals surface area contributed by atoms with Gasteiger partial charge in [0.1, 0.15) is 5.54 Å². The van der Waals surface area contributed by atoms with Crippen LogP contribution >= 0.6 is 0 Å². The number of rotatable bonds is 1. The van der Waals surface area contributed by atoms with Crippen molar-refractivity contribution in [1.29, 1.82) is 0 Å². The van der Waals surface area contributed by atoms with Crippen LogP contribution in [0.2, 0.25) is 0 Å². The topological polar surface area (TPSA) is 83.6 Å². The molecule has 0 amide bonds. The predicted octanol–water partition coefficient (Wildman–Crippen LogP) is -0.687. The summed E-state index contributed by atoms with van der Waals surface area (Å²) in [6.45, 7) is 0. The highest BCUT2D eigenvalue weighted by molar-refractivity contribution is 5.79. The van der Waals surface area contributed by atoms with E-state index in [-0.39, 0.29) is 0 Å². The van der Waals surface area contributed by atoms with Gasteiger partial charge in [0.15, 0.2) is 0 Å². The molecule has 0 aromatic carbocycles. The summed E-state index contributed by atoms with van der Waals surface area (Å²) in [5, 5.41) is 17.7. The van der Waals surface area contributed by atoms with Gasteiger partial charge >= 0.3 is 5.97 Å². The summed E-state index contributed by atoms with van der Waals surface area (Å²) in [7, 11) is 0. The highest BCUT2D eigenvalue weighted by atomic mass is 16.4. The molecule has 1 aliphatic rings.